The summed E-state index contributed by atoms with van der Waals surface area (Å²) in [5.74, 6) is -1.62. The number of amides is 1. The van der Waals surface area contributed by atoms with Crippen LogP contribution in [0.5, 0.6) is 11.5 Å². The van der Waals surface area contributed by atoms with Gasteiger partial charge in [0.1, 0.15) is 17.1 Å². The van der Waals surface area contributed by atoms with Crippen molar-refractivity contribution in [3.8, 4) is 11.5 Å². The van der Waals surface area contributed by atoms with Gasteiger partial charge in [-0.3, -0.25) is 9.78 Å². The van der Waals surface area contributed by atoms with E-state index in [0.29, 0.717) is 5.75 Å². The Balaban J connectivity index is 1.65. The number of benzene rings is 2. The largest absolute Gasteiger partial charge is 0.507 e. The Bertz CT molecular complexity index is 1110. The lowest BCUT2D eigenvalue weighted by atomic mass is 10.1. The van der Waals surface area contributed by atoms with Gasteiger partial charge in [-0.05, 0) is 67.4 Å². The number of pyridine rings is 1. The Kier molecular flexibility index (Phi) is 6.35. The highest BCUT2D eigenvalue weighted by Crippen LogP contribution is 2.24. The van der Waals surface area contributed by atoms with Crippen molar-refractivity contribution in [2.45, 2.75) is 19.4 Å². The van der Waals surface area contributed by atoms with Crippen LogP contribution in [-0.2, 0) is 4.79 Å². The number of aromatic carboxylic acids is 1. The van der Waals surface area contributed by atoms with Gasteiger partial charge in [0.05, 0.1) is 0 Å². The van der Waals surface area contributed by atoms with Gasteiger partial charge in [0.25, 0.3) is 5.91 Å². The number of anilines is 1. The monoisotopic (exact) mass is 418 g/mol. The molecule has 3 aromatic rings. The number of nitrogens with one attached hydrogen (secondary N) is 1. The maximum Gasteiger partial charge on any atom is 0.339 e. The Morgan fingerprint density at radius 2 is 1.58 bits per heavy atom. The summed E-state index contributed by atoms with van der Waals surface area (Å²) in [7, 11) is 0. The minimum atomic E-state index is -1.29. The molecule has 7 heteroatoms. The predicted octanol–water partition coefficient (Wildman–Crippen LogP) is 4.45. The second kappa shape index (κ2) is 9.13. The molecule has 158 valence electrons. The molecule has 0 saturated heterocycles. The number of phenols is 1. The highest BCUT2D eigenvalue weighted by Gasteiger charge is 2.30. The first-order valence-corrected chi connectivity index (χ1v) is 9.49. The van der Waals surface area contributed by atoms with Crippen molar-refractivity contribution in [3.05, 3.63) is 83.7 Å². The van der Waals surface area contributed by atoms with Crippen molar-refractivity contribution in [1.82, 2.24) is 4.98 Å². The summed E-state index contributed by atoms with van der Waals surface area (Å²) in [4.78, 5) is 27.8. The first-order valence-electron chi connectivity index (χ1n) is 9.49. The average Bonchev–Trinajstić information content (AvgIpc) is 2.75. The third kappa shape index (κ3) is 5.70. The van der Waals surface area contributed by atoms with Crippen molar-refractivity contribution in [1.29, 1.82) is 0 Å². The normalized spacial score (nSPS) is 11.3. The van der Waals surface area contributed by atoms with E-state index in [0.717, 1.165) is 11.1 Å². The van der Waals surface area contributed by atoms with Crippen molar-refractivity contribution < 1.29 is 24.5 Å². The molecule has 0 aliphatic carbocycles. The molecule has 0 spiro atoms. The van der Waals surface area contributed by atoms with Crippen LogP contribution in [0.3, 0.4) is 0 Å². The lowest BCUT2D eigenvalue weighted by Crippen LogP contribution is -2.42. The lowest BCUT2D eigenvalue weighted by Gasteiger charge is -2.25. The van der Waals surface area contributed by atoms with Crippen LogP contribution in [0, 0.1) is 0 Å². The number of carboxylic acids is 1. The molecule has 0 aliphatic rings. The number of ether oxygens (including phenoxy) is 1. The van der Waals surface area contributed by atoms with E-state index < -0.39 is 17.5 Å². The molecule has 0 bridgehead atoms. The standard InChI is InChI=1S/C24H22N2O5/c1-24(2,23(30)26-18-7-10-21(27)20(15-18)22(28)29)31-19-8-5-16(6-9-19)3-4-17-11-13-25-14-12-17/h3-15,27H,1-2H3,(H,26,30)(H,28,29)/b4-3+. The molecule has 1 amide bonds. The highest BCUT2D eigenvalue weighted by atomic mass is 16.5. The smallest absolute Gasteiger partial charge is 0.339 e. The van der Waals surface area contributed by atoms with Crippen molar-refractivity contribution in [3.63, 3.8) is 0 Å². The molecule has 1 heterocycles. The summed E-state index contributed by atoms with van der Waals surface area (Å²) in [5.41, 5.74) is 0.723. The number of hydrogen-bond donors (Lipinski definition) is 3. The third-order valence-electron chi connectivity index (χ3n) is 4.46. The van der Waals surface area contributed by atoms with Gasteiger partial charge in [0.15, 0.2) is 5.60 Å². The highest BCUT2D eigenvalue weighted by molar-refractivity contribution is 5.99. The van der Waals surface area contributed by atoms with Gasteiger partial charge in [-0.15, -0.1) is 0 Å². The van der Waals surface area contributed by atoms with Gasteiger partial charge in [0, 0.05) is 18.1 Å². The molecule has 3 rings (SSSR count). The van der Waals surface area contributed by atoms with E-state index in [1.54, 1.807) is 38.4 Å². The predicted molar refractivity (Wildman–Crippen MR) is 118 cm³/mol. The van der Waals surface area contributed by atoms with Crippen LogP contribution >= 0.6 is 0 Å². The molecule has 1 aromatic heterocycles. The van der Waals surface area contributed by atoms with E-state index in [1.165, 1.54) is 18.2 Å². The van der Waals surface area contributed by atoms with Gasteiger partial charge in [-0.25, -0.2) is 4.79 Å². The zero-order valence-electron chi connectivity index (χ0n) is 17.1. The summed E-state index contributed by atoms with van der Waals surface area (Å²) in [5, 5.41) is 21.3. The Labute approximate surface area is 179 Å². The molecular weight excluding hydrogens is 396 g/mol. The van der Waals surface area contributed by atoms with Gasteiger partial charge in [0.2, 0.25) is 0 Å². The van der Waals surface area contributed by atoms with Crippen LogP contribution in [0.25, 0.3) is 12.2 Å². The van der Waals surface area contributed by atoms with Crippen molar-refractivity contribution in [2.75, 3.05) is 5.32 Å². The summed E-state index contributed by atoms with van der Waals surface area (Å²) in [6, 6.07) is 14.9. The van der Waals surface area contributed by atoms with E-state index in [4.69, 9.17) is 9.84 Å². The van der Waals surface area contributed by atoms with E-state index in [2.05, 4.69) is 10.3 Å². The second-order valence-corrected chi connectivity index (χ2v) is 7.29. The van der Waals surface area contributed by atoms with Crippen LogP contribution in [0.2, 0.25) is 0 Å². The van der Waals surface area contributed by atoms with Crippen molar-refractivity contribution >= 4 is 29.7 Å². The topological polar surface area (TPSA) is 109 Å². The molecule has 0 saturated carbocycles. The number of aromatic hydroxyl groups is 1. The molecule has 0 unspecified atom stereocenters. The summed E-state index contributed by atoms with van der Waals surface area (Å²) >= 11 is 0. The van der Waals surface area contributed by atoms with Gasteiger partial charge in [-0.1, -0.05) is 24.3 Å². The van der Waals surface area contributed by atoms with Crippen LogP contribution < -0.4 is 10.1 Å². The molecule has 2 aromatic carbocycles. The molecule has 31 heavy (non-hydrogen) atoms. The van der Waals surface area contributed by atoms with E-state index in [-0.39, 0.29) is 17.0 Å². The summed E-state index contributed by atoms with van der Waals surface area (Å²) in [6.45, 7) is 3.22. The third-order valence-corrected chi connectivity index (χ3v) is 4.46. The Morgan fingerprint density at radius 3 is 2.19 bits per heavy atom. The maximum atomic E-state index is 12.7. The summed E-state index contributed by atoms with van der Waals surface area (Å²) < 4.78 is 5.84. The zero-order valence-corrected chi connectivity index (χ0v) is 17.1. The number of carbonyl (C=O) groups is 2. The maximum absolute atomic E-state index is 12.7. The molecule has 3 N–H and O–H groups in total. The molecular formula is C24H22N2O5. The van der Waals surface area contributed by atoms with Crippen LogP contribution in [0.4, 0.5) is 5.69 Å². The number of rotatable bonds is 7. The fourth-order valence-electron chi connectivity index (χ4n) is 2.72. The van der Waals surface area contributed by atoms with E-state index in [9.17, 15) is 14.7 Å². The SMILES string of the molecule is CC(C)(Oc1ccc(/C=C/c2ccncc2)cc1)C(=O)Nc1ccc(O)c(C(=O)O)c1. The van der Waals surface area contributed by atoms with Gasteiger partial charge >= 0.3 is 5.97 Å². The Morgan fingerprint density at radius 1 is 0.968 bits per heavy atom. The Hall–Kier alpha value is -4.13. The van der Waals surface area contributed by atoms with Crippen LogP contribution in [-0.4, -0.2) is 32.7 Å². The minimum Gasteiger partial charge on any atom is -0.507 e. The van der Waals surface area contributed by atoms with E-state index in [1.807, 2.05) is 36.4 Å². The molecule has 0 atom stereocenters. The molecule has 0 radical (unpaired) electrons. The van der Waals surface area contributed by atoms with Gasteiger partial charge in [-0.2, -0.15) is 0 Å². The second-order valence-electron chi connectivity index (χ2n) is 7.29. The number of carbonyl (C=O) groups excluding carboxylic acids is 1. The zero-order chi connectivity index (χ0) is 22.4. The fraction of sp³-hybridized carbons (Fsp3) is 0.125. The first-order chi connectivity index (χ1) is 14.7. The van der Waals surface area contributed by atoms with Crippen LogP contribution in [0.15, 0.2) is 67.0 Å². The first kappa shape index (κ1) is 21.6. The molecule has 7 nitrogen and oxygen atoms in total. The quantitative estimate of drug-likeness (QED) is 0.489. The average molecular weight is 418 g/mol. The molecule has 0 fully saturated rings. The van der Waals surface area contributed by atoms with Crippen LogP contribution in [0.1, 0.15) is 35.3 Å². The molecule has 0 aliphatic heterocycles. The minimum absolute atomic E-state index is 0.244. The number of carboxylic acid groups (broad SMARTS) is 1. The van der Waals surface area contributed by atoms with Gasteiger partial charge < -0.3 is 20.3 Å². The lowest BCUT2D eigenvalue weighted by molar-refractivity contribution is -0.128. The fourth-order valence-corrected chi connectivity index (χ4v) is 2.72. The van der Waals surface area contributed by atoms with E-state index >= 15 is 0 Å². The number of nitrogens with zero attached hydrogens (tertiary/aromatic N) is 1. The number of aromatic nitrogens is 1. The number of hydrogen-bond acceptors (Lipinski definition) is 5. The summed E-state index contributed by atoms with van der Waals surface area (Å²) in [6.07, 6.45) is 7.38. The van der Waals surface area contributed by atoms with Crippen molar-refractivity contribution in [2.24, 2.45) is 0 Å².